The number of nitrogens with one attached hydrogen (secondary N) is 2. The molecule has 1 amide bonds. The van der Waals surface area contributed by atoms with Gasteiger partial charge in [0.05, 0.1) is 23.0 Å². The van der Waals surface area contributed by atoms with Crippen molar-refractivity contribution >= 4 is 44.4 Å². The van der Waals surface area contributed by atoms with E-state index < -0.39 is 0 Å². The minimum Gasteiger partial charge on any atom is -0.481 e. The molecule has 32 heavy (non-hydrogen) atoms. The first kappa shape index (κ1) is 20.5. The number of hydrogen-bond donors (Lipinski definition) is 2. The number of fused-ring (bicyclic) bond motifs is 2. The van der Waals surface area contributed by atoms with Crippen molar-refractivity contribution in [3.8, 4) is 5.88 Å². The molecule has 162 valence electrons. The van der Waals surface area contributed by atoms with Gasteiger partial charge in [-0.25, -0.2) is 4.98 Å². The number of methoxy groups -OCH3 is 1. The van der Waals surface area contributed by atoms with Gasteiger partial charge in [0.1, 0.15) is 11.0 Å². The number of hydrogen-bond acceptors (Lipinski definition) is 8. The molecule has 8 nitrogen and oxygen atoms in total. The maximum Gasteiger partial charge on any atom is 0.251 e. The van der Waals surface area contributed by atoms with E-state index in [1.54, 1.807) is 25.4 Å². The van der Waals surface area contributed by atoms with E-state index in [1.165, 1.54) is 17.1 Å². The van der Waals surface area contributed by atoms with E-state index in [0.717, 1.165) is 41.6 Å². The van der Waals surface area contributed by atoms with E-state index in [-0.39, 0.29) is 5.91 Å². The summed E-state index contributed by atoms with van der Waals surface area (Å²) in [6, 6.07) is 11.9. The summed E-state index contributed by atoms with van der Waals surface area (Å²) in [6.45, 7) is 0.768. The molecule has 4 aromatic rings. The molecule has 0 aliphatic heterocycles. The molecule has 0 spiro atoms. The Bertz CT molecular complexity index is 1320. The van der Waals surface area contributed by atoms with Gasteiger partial charge in [-0.1, -0.05) is 16.6 Å². The van der Waals surface area contributed by atoms with Crippen LogP contribution >= 0.6 is 11.5 Å². The summed E-state index contributed by atoms with van der Waals surface area (Å²) in [5.41, 5.74) is 4.87. The second kappa shape index (κ2) is 8.97. The number of benzene rings is 1. The van der Waals surface area contributed by atoms with Crippen LogP contribution < -0.4 is 15.4 Å². The van der Waals surface area contributed by atoms with Crippen molar-refractivity contribution in [2.45, 2.75) is 31.8 Å². The topological polar surface area (TPSA) is 102 Å². The van der Waals surface area contributed by atoms with E-state index in [2.05, 4.69) is 48.4 Å². The van der Waals surface area contributed by atoms with Crippen molar-refractivity contribution in [2.24, 2.45) is 0 Å². The van der Waals surface area contributed by atoms with Gasteiger partial charge in [0.2, 0.25) is 5.88 Å². The molecule has 1 aliphatic carbocycles. The number of carbonyl (C=O) groups is 1. The molecule has 3 aromatic heterocycles. The summed E-state index contributed by atoms with van der Waals surface area (Å²) in [5.74, 6) is 0.388. The quantitative estimate of drug-likeness (QED) is 0.464. The summed E-state index contributed by atoms with van der Waals surface area (Å²) in [6.07, 6.45) is 6.13. The lowest BCUT2D eigenvalue weighted by Crippen LogP contribution is -2.31. The van der Waals surface area contributed by atoms with Crippen LogP contribution in [0.4, 0.5) is 5.69 Å². The monoisotopic (exact) mass is 446 g/mol. The van der Waals surface area contributed by atoms with Crippen LogP contribution in [0.5, 0.6) is 5.88 Å². The Kier molecular flexibility index (Phi) is 5.74. The lowest BCUT2D eigenvalue weighted by molar-refractivity contribution is -0.113. The zero-order chi connectivity index (χ0) is 21.9. The zero-order valence-corrected chi connectivity index (χ0v) is 18.4. The molecule has 5 rings (SSSR count). The first-order valence-electron chi connectivity index (χ1n) is 10.4. The second-order valence-electron chi connectivity index (χ2n) is 7.69. The first-order valence-corrected chi connectivity index (χ1v) is 11.2. The van der Waals surface area contributed by atoms with E-state index >= 15 is 0 Å². The van der Waals surface area contributed by atoms with Crippen LogP contribution in [-0.4, -0.2) is 38.6 Å². The second-order valence-corrected chi connectivity index (χ2v) is 8.48. The minimum atomic E-state index is -0.0953. The summed E-state index contributed by atoms with van der Waals surface area (Å²) in [4.78, 5) is 21.6. The van der Waals surface area contributed by atoms with Gasteiger partial charge < -0.3 is 15.4 Å². The van der Waals surface area contributed by atoms with Crippen LogP contribution in [0.15, 0.2) is 54.2 Å². The number of aromatic nitrogens is 4. The van der Waals surface area contributed by atoms with Gasteiger partial charge in [-0.05, 0) is 60.6 Å². The Balaban J connectivity index is 1.21. The maximum atomic E-state index is 12.9. The molecule has 1 aromatic carbocycles. The summed E-state index contributed by atoms with van der Waals surface area (Å²) >= 11 is 1.41. The first-order chi connectivity index (χ1) is 15.7. The third kappa shape index (κ3) is 4.30. The van der Waals surface area contributed by atoms with Gasteiger partial charge in [-0.3, -0.25) is 9.78 Å². The Morgan fingerprint density at radius 2 is 2.16 bits per heavy atom. The molecule has 1 atom stereocenters. The fraction of sp³-hybridized carbons (Fsp3) is 0.261. The lowest BCUT2D eigenvalue weighted by atomic mass is 9.94. The zero-order valence-electron chi connectivity index (χ0n) is 17.5. The average Bonchev–Trinajstić information content (AvgIpc) is 3.31. The predicted molar refractivity (Wildman–Crippen MR) is 125 cm³/mol. The van der Waals surface area contributed by atoms with E-state index in [4.69, 9.17) is 4.74 Å². The highest BCUT2D eigenvalue weighted by Gasteiger charge is 2.19. The van der Waals surface area contributed by atoms with Crippen molar-refractivity contribution in [1.82, 2.24) is 24.9 Å². The van der Waals surface area contributed by atoms with Crippen LogP contribution in [0.3, 0.4) is 0 Å². The van der Waals surface area contributed by atoms with Crippen molar-refractivity contribution < 1.29 is 9.53 Å². The summed E-state index contributed by atoms with van der Waals surface area (Å²) in [7, 11) is 1.56. The number of nitrogens with zero attached hydrogens (tertiary/aromatic N) is 4. The highest BCUT2D eigenvalue weighted by Crippen LogP contribution is 2.25. The average molecular weight is 447 g/mol. The molecule has 0 bridgehead atoms. The molecule has 0 unspecified atom stereocenters. The molecule has 0 saturated heterocycles. The minimum absolute atomic E-state index is 0.0953. The van der Waals surface area contributed by atoms with Gasteiger partial charge in [-0.15, -0.1) is 5.10 Å². The van der Waals surface area contributed by atoms with Gasteiger partial charge in [0, 0.05) is 30.4 Å². The van der Waals surface area contributed by atoms with Crippen LogP contribution in [-0.2, 0) is 11.3 Å². The van der Waals surface area contributed by atoms with E-state index in [0.29, 0.717) is 28.6 Å². The molecule has 0 saturated carbocycles. The molecular formula is C23H22N6O2S. The van der Waals surface area contributed by atoms with Gasteiger partial charge in [0.25, 0.3) is 5.91 Å². The SMILES string of the molecule is COc1ccc2nccc(NC(=O)C3=CC[C@H](NCc4ccc5snnc5c4)CC3)c2n1. The Hall–Kier alpha value is -3.43. The Morgan fingerprint density at radius 1 is 1.22 bits per heavy atom. The third-order valence-corrected chi connectivity index (χ3v) is 6.33. The third-order valence-electron chi connectivity index (χ3n) is 5.62. The van der Waals surface area contributed by atoms with E-state index in [9.17, 15) is 4.79 Å². The number of amides is 1. The molecule has 0 fully saturated rings. The normalized spacial score (nSPS) is 16.2. The fourth-order valence-electron chi connectivity index (χ4n) is 3.85. The molecular weight excluding hydrogens is 424 g/mol. The Labute approximate surface area is 188 Å². The number of rotatable bonds is 6. The van der Waals surface area contributed by atoms with Crippen molar-refractivity contribution in [3.63, 3.8) is 0 Å². The Morgan fingerprint density at radius 3 is 3.00 bits per heavy atom. The van der Waals surface area contributed by atoms with Crippen LogP contribution in [0.1, 0.15) is 24.8 Å². The van der Waals surface area contributed by atoms with Crippen molar-refractivity contribution in [3.05, 3.63) is 59.8 Å². The predicted octanol–water partition coefficient (Wildman–Crippen LogP) is 3.85. The van der Waals surface area contributed by atoms with E-state index in [1.807, 2.05) is 12.1 Å². The summed E-state index contributed by atoms with van der Waals surface area (Å²) in [5, 5.41) is 10.7. The van der Waals surface area contributed by atoms with Gasteiger partial charge >= 0.3 is 0 Å². The van der Waals surface area contributed by atoms with Gasteiger partial charge in [-0.2, -0.15) is 0 Å². The lowest BCUT2D eigenvalue weighted by Gasteiger charge is -2.23. The molecule has 1 aliphatic rings. The maximum absolute atomic E-state index is 12.9. The number of anilines is 1. The number of ether oxygens (including phenoxy) is 1. The van der Waals surface area contributed by atoms with Crippen molar-refractivity contribution in [1.29, 1.82) is 0 Å². The van der Waals surface area contributed by atoms with Gasteiger partial charge in [0.15, 0.2) is 0 Å². The van der Waals surface area contributed by atoms with Crippen LogP contribution in [0.2, 0.25) is 0 Å². The highest BCUT2D eigenvalue weighted by molar-refractivity contribution is 7.12. The molecule has 9 heteroatoms. The highest BCUT2D eigenvalue weighted by atomic mass is 32.1. The smallest absolute Gasteiger partial charge is 0.251 e. The summed E-state index contributed by atoms with van der Waals surface area (Å²) < 4.78 is 10.3. The molecule has 0 radical (unpaired) electrons. The standard InChI is InChI=1S/C23H22N6O2S/c1-31-21-9-7-17-22(27-21)18(10-11-24-17)26-23(30)15-3-5-16(6-4-15)25-13-14-2-8-20-19(12-14)28-29-32-20/h2-3,7-12,16,25H,4-6,13H2,1H3,(H,24,26,30)/t16-/m0/s1. The fourth-order valence-corrected chi connectivity index (χ4v) is 4.39. The molecule has 2 N–H and O–H groups in total. The number of carbonyl (C=O) groups excluding carboxylic acids is 1. The van der Waals surface area contributed by atoms with Crippen molar-refractivity contribution in [2.75, 3.05) is 12.4 Å². The van der Waals surface area contributed by atoms with Crippen LogP contribution in [0, 0.1) is 0 Å². The molecule has 3 heterocycles. The largest absolute Gasteiger partial charge is 0.481 e. The number of pyridine rings is 2. The van der Waals surface area contributed by atoms with Crippen LogP contribution in [0.25, 0.3) is 21.3 Å².